The van der Waals surface area contributed by atoms with Crippen molar-refractivity contribution in [3.8, 4) is 0 Å². The highest BCUT2D eigenvalue weighted by Gasteiger charge is 2.02. The number of rotatable bonds is 5. The zero-order chi connectivity index (χ0) is 10.3. The van der Waals surface area contributed by atoms with E-state index in [-0.39, 0.29) is 12.1 Å². The van der Waals surface area contributed by atoms with Crippen molar-refractivity contribution >= 4 is 5.97 Å². The lowest BCUT2D eigenvalue weighted by Gasteiger charge is -2.07. The van der Waals surface area contributed by atoms with Crippen LogP contribution in [-0.2, 0) is 14.3 Å². The summed E-state index contributed by atoms with van der Waals surface area (Å²) in [6.45, 7) is 6.24. The van der Waals surface area contributed by atoms with Crippen molar-refractivity contribution in [1.29, 1.82) is 0 Å². The van der Waals surface area contributed by atoms with E-state index >= 15 is 0 Å². The van der Waals surface area contributed by atoms with Crippen molar-refractivity contribution in [2.45, 2.75) is 33.3 Å². The molecule has 0 aromatic rings. The third-order valence-corrected chi connectivity index (χ3v) is 1.85. The van der Waals surface area contributed by atoms with Crippen LogP contribution in [0.1, 0.15) is 27.2 Å². The van der Waals surface area contributed by atoms with Crippen LogP contribution < -0.4 is 0 Å². The molecule has 0 fully saturated rings. The number of carbonyl (C=O) groups is 1. The molecule has 0 aliphatic heterocycles. The van der Waals surface area contributed by atoms with Crippen LogP contribution in [-0.4, -0.2) is 25.8 Å². The van der Waals surface area contributed by atoms with Gasteiger partial charge in [0.1, 0.15) is 0 Å². The van der Waals surface area contributed by atoms with Crippen molar-refractivity contribution in [3.05, 3.63) is 11.6 Å². The molecule has 3 heteroatoms. The van der Waals surface area contributed by atoms with E-state index in [0.29, 0.717) is 12.2 Å². The summed E-state index contributed by atoms with van der Waals surface area (Å²) in [5.74, 6) is -0.298. The van der Waals surface area contributed by atoms with E-state index in [9.17, 15) is 4.79 Å². The van der Waals surface area contributed by atoms with Gasteiger partial charge in [-0.2, -0.15) is 0 Å². The number of carbonyl (C=O) groups excluding carboxylic acids is 1. The van der Waals surface area contributed by atoms with Gasteiger partial charge >= 0.3 is 5.97 Å². The Hall–Kier alpha value is -0.830. The molecule has 0 amide bonds. The van der Waals surface area contributed by atoms with E-state index in [2.05, 4.69) is 11.7 Å². The molecule has 3 nitrogen and oxygen atoms in total. The molecule has 13 heavy (non-hydrogen) atoms. The zero-order valence-electron chi connectivity index (χ0n) is 8.79. The van der Waals surface area contributed by atoms with Crippen LogP contribution >= 0.6 is 0 Å². The van der Waals surface area contributed by atoms with E-state index < -0.39 is 0 Å². The van der Waals surface area contributed by atoms with Crippen LogP contribution in [0, 0.1) is 0 Å². The summed E-state index contributed by atoms with van der Waals surface area (Å²) in [6, 6.07) is 0. The number of esters is 1. The normalized spacial score (nSPS) is 14.0. The zero-order valence-corrected chi connectivity index (χ0v) is 8.79. The topological polar surface area (TPSA) is 35.5 Å². The molecule has 76 valence electrons. The maximum atomic E-state index is 10.9. The first-order valence-corrected chi connectivity index (χ1v) is 4.48. The lowest BCUT2D eigenvalue weighted by Crippen LogP contribution is -2.08. The monoisotopic (exact) mass is 186 g/mol. The highest BCUT2D eigenvalue weighted by molar-refractivity contribution is 5.87. The second-order valence-corrected chi connectivity index (χ2v) is 2.93. The molecule has 0 aliphatic carbocycles. The number of hydrogen-bond acceptors (Lipinski definition) is 3. The maximum absolute atomic E-state index is 10.9. The molecule has 0 aromatic heterocycles. The first-order valence-electron chi connectivity index (χ1n) is 4.48. The van der Waals surface area contributed by atoms with Crippen molar-refractivity contribution < 1.29 is 14.3 Å². The highest BCUT2D eigenvalue weighted by Crippen LogP contribution is 1.99. The minimum atomic E-state index is -0.298. The van der Waals surface area contributed by atoms with Crippen molar-refractivity contribution in [2.75, 3.05) is 13.7 Å². The molecule has 1 atom stereocenters. The number of methoxy groups -OCH3 is 1. The fourth-order valence-electron chi connectivity index (χ4n) is 0.700. The van der Waals surface area contributed by atoms with Crippen molar-refractivity contribution in [3.63, 3.8) is 0 Å². The van der Waals surface area contributed by atoms with E-state index in [0.717, 1.165) is 6.42 Å². The average molecular weight is 186 g/mol. The quantitative estimate of drug-likeness (QED) is 0.486. The molecule has 0 heterocycles. The summed E-state index contributed by atoms with van der Waals surface area (Å²) < 4.78 is 9.91. The molecule has 0 aliphatic rings. The molecule has 0 radical (unpaired) electrons. The van der Waals surface area contributed by atoms with Gasteiger partial charge < -0.3 is 9.47 Å². The van der Waals surface area contributed by atoms with E-state index in [1.54, 1.807) is 13.0 Å². The molecular weight excluding hydrogens is 168 g/mol. The molecule has 0 saturated heterocycles. The summed E-state index contributed by atoms with van der Waals surface area (Å²) >= 11 is 0. The van der Waals surface area contributed by atoms with Crippen LogP contribution in [0.2, 0.25) is 0 Å². The van der Waals surface area contributed by atoms with Crippen molar-refractivity contribution in [2.24, 2.45) is 0 Å². The predicted molar refractivity (Wildman–Crippen MR) is 51.5 cm³/mol. The van der Waals surface area contributed by atoms with E-state index in [1.807, 2.05) is 6.92 Å². The summed E-state index contributed by atoms with van der Waals surface area (Å²) in [5, 5.41) is 0. The predicted octanol–water partition coefficient (Wildman–Crippen LogP) is 1.92. The first kappa shape index (κ1) is 12.2. The first-order chi connectivity index (χ1) is 6.11. The molecule has 0 spiro atoms. The second kappa shape index (κ2) is 6.66. The minimum Gasteiger partial charge on any atom is -0.466 e. The van der Waals surface area contributed by atoms with Crippen LogP contribution in [0.5, 0.6) is 0 Å². The summed E-state index contributed by atoms with van der Waals surface area (Å²) in [7, 11) is 1.37. The highest BCUT2D eigenvalue weighted by atomic mass is 16.5. The Bertz CT molecular complexity index is 185. The smallest absolute Gasteiger partial charge is 0.333 e. The van der Waals surface area contributed by atoms with Crippen LogP contribution in [0.4, 0.5) is 0 Å². The van der Waals surface area contributed by atoms with Gasteiger partial charge in [-0.1, -0.05) is 6.92 Å². The van der Waals surface area contributed by atoms with Gasteiger partial charge in [-0.3, -0.25) is 0 Å². The Balaban J connectivity index is 3.77. The SMILES string of the molecule is CCC(C)OCC=C(C)C(=O)OC. The van der Waals surface area contributed by atoms with Gasteiger partial charge in [-0.15, -0.1) is 0 Å². The third-order valence-electron chi connectivity index (χ3n) is 1.85. The second-order valence-electron chi connectivity index (χ2n) is 2.93. The molecule has 0 bridgehead atoms. The lowest BCUT2D eigenvalue weighted by molar-refractivity contribution is -0.136. The molecule has 0 rings (SSSR count). The Morgan fingerprint density at radius 3 is 2.62 bits per heavy atom. The third kappa shape index (κ3) is 5.42. The lowest BCUT2D eigenvalue weighted by atomic mass is 10.3. The largest absolute Gasteiger partial charge is 0.466 e. The summed E-state index contributed by atoms with van der Waals surface area (Å²) in [4.78, 5) is 10.9. The average Bonchev–Trinajstić information content (AvgIpc) is 2.15. The molecule has 0 aromatic carbocycles. The summed E-state index contributed by atoms with van der Waals surface area (Å²) in [6.07, 6.45) is 2.95. The fourth-order valence-corrected chi connectivity index (χ4v) is 0.700. The molecule has 0 saturated carbocycles. The van der Waals surface area contributed by atoms with Gasteiger partial charge in [0, 0.05) is 5.57 Å². The van der Waals surface area contributed by atoms with Gasteiger partial charge in [0.2, 0.25) is 0 Å². The van der Waals surface area contributed by atoms with Gasteiger partial charge in [0.15, 0.2) is 0 Å². The van der Waals surface area contributed by atoms with E-state index in [4.69, 9.17) is 4.74 Å². The Morgan fingerprint density at radius 2 is 2.15 bits per heavy atom. The fraction of sp³-hybridized carbons (Fsp3) is 0.700. The number of hydrogen-bond donors (Lipinski definition) is 0. The van der Waals surface area contributed by atoms with Crippen LogP contribution in [0.25, 0.3) is 0 Å². The molecule has 1 unspecified atom stereocenters. The molecule has 0 N–H and O–H groups in total. The number of ether oxygens (including phenoxy) is 2. The van der Waals surface area contributed by atoms with Gasteiger partial charge in [-0.25, -0.2) is 4.79 Å². The Morgan fingerprint density at radius 1 is 1.54 bits per heavy atom. The summed E-state index contributed by atoms with van der Waals surface area (Å²) in [5.41, 5.74) is 0.589. The Kier molecular flexibility index (Phi) is 6.24. The van der Waals surface area contributed by atoms with Gasteiger partial charge in [-0.05, 0) is 26.3 Å². The Labute approximate surface area is 79.7 Å². The van der Waals surface area contributed by atoms with Crippen molar-refractivity contribution in [1.82, 2.24) is 0 Å². The maximum Gasteiger partial charge on any atom is 0.333 e. The van der Waals surface area contributed by atoms with Crippen LogP contribution in [0.15, 0.2) is 11.6 Å². The van der Waals surface area contributed by atoms with Gasteiger partial charge in [0.25, 0.3) is 0 Å². The van der Waals surface area contributed by atoms with Crippen LogP contribution in [0.3, 0.4) is 0 Å². The minimum absolute atomic E-state index is 0.238. The molecular formula is C10H18O3. The standard InChI is InChI=1S/C10H18O3/c1-5-9(3)13-7-6-8(2)10(11)12-4/h6,9H,5,7H2,1-4H3. The van der Waals surface area contributed by atoms with Gasteiger partial charge in [0.05, 0.1) is 19.8 Å². The van der Waals surface area contributed by atoms with E-state index in [1.165, 1.54) is 7.11 Å².